The van der Waals surface area contributed by atoms with Crippen LogP contribution in [0, 0.1) is 11.8 Å². The van der Waals surface area contributed by atoms with Gasteiger partial charge in [-0.2, -0.15) is 0 Å². The van der Waals surface area contributed by atoms with Crippen LogP contribution >= 0.6 is 0 Å². The predicted molar refractivity (Wildman–Crippen MR) is 94.3 cm³/mol. The van der Waals surface area contributed by atoms with Crippen LogP contribution in [-0.2, 0) is 25.4 Å². The van der Waals surface area contributed by atoms with Crippen molar-refractivity contribution >= 4 is 17.1 Å². The minimum atomic E-state index is -0.442. The molecule has 1 saturated carbocycles. The van der Waals surface area contributed by atoms with Gasteiger partial charge in [-0.25, -0.2) is 9.78 Å². The first-order valence-corrected chi connectivity index (χ1v) is 8.71. The molecule has 8 nitrogen and oxygen atoms in total. The van der Waals surface area contributed by atoms with Gasteiger partial charge in [0.05, 0.1) is 6.33 Å². The summed E-state index contributed by atoms with van der Waals surface area (Å²) >= 11 is 0. The molecule has 0 aromatic carbocycles. The van der Waals surface area contributed by atoms with E-state index in [2.05, 4.69) is 24.1 Å². The van der Waals surface area contributed by atoms with Crippen LogP contribution in [0.15, 0.2) is 15.9 Å². The molecule has 1 amide bonds. The Bertz CT molecular complexity index is 923. The first kappa shape index (κ1) is 17.4. The van der Waals surface area contributed by atoms with Gasteiger partial charge in [-0.15, -0.1) is 0 Å². The molecule has 136 valence electrons. The van der Waals surface area contributed by atoms with Gasteiger partial charge < -0.3 is 9.88 Å². The van der Waals surface area contributed by atoms with Crippen molar-refractivity contribution in [3.05, 3.63) is 27.2 Å². The summed E-state index contributed by atoms with van der Waals surface area (Å²) < 4.78 is 3.86. The molecule has 1 N–H and O–H groups in total. The summed E-state index contributed by atoms with van der Waals surface area (Å²) in [6.45, 7) is 4.41. The number of aromatic nitrogens is 4. The lowest BCUT2D eigenvalue weighted by molar-refractivity contribution is -0.123. The van der Waals surface area contributed by atoms with Crippen LogP contribution < -0.4 is 16.6 Å². The van der Waals surface area contributed by atoms with Crippen LogP contribution in [0.4, 0.5) is 0 Å². The van der Waals surface area contributed by atoms with Crippen LogP contribution in [0.3, 0.4) is 0 Å². The van der Waals surface area contributed by atoms with Gasteiger partial charge in [0.25, 0.3) is 5.56 Å². The Hall–Kier alpha value is -2.38. The summed E-state index contributed by atoms with van der Waals surface area (Å²) in [5.74, 6) is 0.891. The maximum Gasteiger partial charge on any atom is 0.332 e. The molecular weight excluding hydrogens is 322 g/mol. The Morgan fingerprint density at radius 3 is 2.68 bits per heavy atom. The second kappa shape index (κ2) is 6.50. The topological polar surface area (TPSA) is 90.9 Å². The summed E-state index contributed by atoms with van der Waals surface area (Å²) in [6.07, 6.45) is 4.74. The second-order valence-corrected chi connectivity index (χ2v) is 7.19. The Kier molecular flexibility index (Phi) is 4.53. The van der Waals surface area contributed by atoms with Crippen molar-refractivity contribution in [1.82, 2.24) is 24.0 Å². The third kappa shape index (κ3) is 3.01. The van der Waals surface area contributed by atoms with E-state index in [0.717, 1.165) is 17.4 Å². The molecule has 0 radical (unpaired) electrons. The van der Waals surface area contributed by atoms with Gasteiger partial charge in [0, 0.05) is 20.1 Å². The number of imidazole rings is 1. The lowest BCUT2D eigenvalue weighted by atomic mass is 9.78. The van der Waals surface area contributed by atoms with E-state index in [4.69, 9.17) is 0 Å². The van der Waals surface area contributed by atoms with Crippen molar-refractivity contribution < 1.29 is 4.79 Å². The minimum absolute atomic E-state index is 0.0154. The second-order valence-electron chi connectivity index (χ2n) is 7.19. The number of hydrogen-bond acceptors (Lipinski definition) is 4. The Morgan fingerprint density at radius 1 is 1.24 bits per heavy atom. The summed E-state index contributed by atoms with van der Waals surface area (Å²) in [6, 6.07) is 0.165. The fourth-order valence-corrected chi connectivity index (χ4v) is 3.71. The molecule has 0 spiro atoms. The minimum Gasteiger partial charge on any atom is -0.352 e. The lowest BCUT2D eigenvalue weighted by Gasteiger charge is -2.34. The maximum absolute atomic E-state index is 12.5. The zero-order valence-electron chi connectivity index (χ0n) is 15.2. The number of carbonyl (C=O) groups is 1. The molecule has 2 aromatic heterocycles. The van der Waals surface area contributed by atoms with E-state index < -0.39 is 11.2 Å². The number of aryl methyl sites for hydroxylation is 1. The number of nitrogens with zero attached hydrogens (tertiary/aromatic N) is 4. The van der Waals surface area contributed by atoms with Gasteiger partial charge in [0.15, 0.2) is 11.2 Å². The number of fused-ring (bicyclic) bond motifs is 1. The highest BCUT2D eigenvalue weighted by atomic mass is 16.2. The normalized spacial score (nSPS) is 23.8. The lowest BCUT2D eigenvalue weighted by Crippen LogP contribution is -2.45. The van der Waals surface area contributed by atoms with Crippen molar-refractivity contribution in [2.24, 2.45) is 25.9 Å². The molecule has 2 aromatic rings. The number of amides is 1. The van der Waals surface area contributed by atoms with Crippen LogP contribution in [0.25, 0.3) is 11.2 Å². The van der Waals surface area contributed by atoms with Gasteiger partial charge in [-0.3, -0.25) is 18.7 Å². The standard InChI is InChI=1S/C17H25N5O3/c1-10-6-5-7-12(11(10)2)19-13(23)8-22-9-18-15-14(22)16(24)21(4)17(25)20(15)3/h9-12H,5-8H2,1-4H3,(H,19,23)/t10-,11-,12+/m1/s1. The van der Waals surface area contributed by atoms with E-state index in [1.165, 1.54) is 28.9 Å². The highest BCUT2D eigenvalue weighted by molar-refractivity contribution is 5.79. The van der Waals surface area contributed by atoms with Crippen LogP contribution in [0.5, 0.6) is 0 Å². The Morgan fingerprint density at radius 2 is 1.96 bits per heavy atom. The molecule has 1 aliphatic rings. The molecule has 8 heteroatoms. The quantitative estimate of drug-likeness (QED) is 0.869. The van der Waals surface area contributed by atoms with Crippen LogP contribution in [0.2, 0.25) is 0 Å². The Labute approximate surface area is 145 Å². The zero-order chi connectivity index (χ0) is 18.3. The Balaban J connectivity index is 1.85. The van der Waals surface area contributed by atoms with Crippen molar-refractivity contribution in [2.45, 2.75) is 45.7 Å². The first-order valence-electron chi connectivity index (χ1n) is 8.71. The number of hydrogen-bond donors (Lipinski definition) is 1. The zero-order valence-corrected chi connectivity index (χ0v) is 15.2. The average molecular weight is 347 g/mol. The van der Waals surface area contributed by atoms with Crippen molar-refractivity contribution in [3.63, 3.8) is 0 Å². The average Bonchev–Trinajstić information content (AvgIpc) is 2.99. The van der Waals surface area contributed by atoms with Crippen molar-refractivity contribution in [1.29, 1.82) is 0 Å². The van der Waals surface area contributed by atoms with E-state index in [1.807, 2.05) is 0 Å². The molecular formula is C17H25N5O3. The molecule has 2 heterocycles. The van der Waals surface area contributed by atoms with Crippen LogP contribution in [0.1, 0.15) is 33.1 Å². The van der Waals surface area contributed by atoms with E-state index in [0.29, 0.717) is 17.5 Å². The van der Waals surface area contributed by atoms with E-state index >= 15 is 0 Å². The number of rotatable bonds is 3. The molecule has 1 aliphatic carbocycles. The van der Waals surface area contributed by atoms with Gasteiger partial charge >= 0.3 is 5.69 Å². The van der Waals surface area contributed by atoms with Gasteiger partial charge in [0.2, 0.25) is 5.91 Å². The first-order chi connectivity index (χ1) is 11.8. The van der Waals surface area contributed by atoms with Gasteiger partial charge in [-0.05, 0) is 18.3 Å². The monoisotopic (exact) mass is 347 g/mol. The van der Waals surface area contributed by atoms with E-state index in [9.17, 15) is 14.4 Å². The van der Waals surface area contributed by atoms with Crippen LogP contribution in [-0.4, -0.2) is 30.6 Å². The fraction of sp³-hybridized carbons (Fsp3) is 0.647. The summed E-state index contributed by atoms with van der Waals surface area (Å²) in [7, 11) is 2.99. The molecule has 3 rings (SSSR count). The third-order valence-corrected chi connectivity index (χ3v) is 5.58. The smallest absolute Gasteiger partial charge is 0.332 e. The molecule has 3 atom stereocenters. The molecule has 0 unspecified atom stereocenters. The number of nitrogens with one attached hydrogen (secondary N) is 1. The number of carbonyl (C=O) groups excluding carboxylic acids is 1. The SMILES string of the molecule is C[C@@H]1[C@H](C)CCC[C@@H]1NC(=O)Cn1cnc2c1c(=O)n(C)c(=O)n2C. The molecule has 0 aliphatic heterocycles. The predicted octanol–water partition coefficient (Wildman–Crippen LogP) is 0.375. The van der Waals surface area contributed by atoms with Gasteiger partial charge in [0.1, 0.15) is 6.54 Å². The highest BCUT2D eigenvalue weighted by Crippen LogP contribution is 2.29. The summed E-state index contributed by atoms with van der Waals surface area (Å²) in [5, 5.41) is 3.10. The third-order valence-electron chi connectivity index (χ3n) is 5.58. The molecule has 0 saturated heterocycles. The maximum atomic E-state index is 12.5. The summed E-state index contributed by atoms with van der Waals surface area (Å²) in [5.41, 5.74) is -0.314. The largest absolute Gasteiger partial charge is 0.352 e. The molecule has 25 heavy (non-hydrogen) atoms. The van der Waals surface area contributed by atoms with Crippen molar-refractivity contribution in [3.8, 4) is 0 Å². The molecule has 0 bridgehead atoms. The van der Waals surface area contributed by atoms with Gasteiger partial charge in [-0.1, -0.05) is 26.7 Å². The van der Waals surface area contributed by atoms with E-state index in [-0.39, 0.29) is 24.0 Å². The van der Waals surface area contributed by atoms with E-state index in [1.54, 1.807) is 7.05 Å². The highest BCUT2D eigenvalue weighted by Gasteiger charge is 2.28. The molecule has 1 fully saturated rings. The summed E-state index contributed by atoms with van der Waals surface area (Å²) in [4.78, 5) is 41.0. The fourth-order valence-electron chi connectivity index (χ4n) is 3.71. The van der Waals surface area contributed by atoms with Crippen molar-refractivity contribution in [2.75, 3.05) is 0 Å².